The Bertz CT molecular complexity index is 249. The van der Waals surface area contributed by atoms with Crippen LogP contribution in [0.5, 0.6) is 0 Å². The molecule has 2 aliphatic rings. The highest BCUT2D eigenvalue weighted by atomic mass is 15.1. The van der Waals surface area contributed by atoms with Crippen molar-refractivity contribution in [3.05, 3.63) is 23.9 Å². The van der Waals surface area contributed by atoms with Crippen LogP contribution in [0.1, 0.15) is 32.1 Å². The molecule has 1 saturated carbocycles. The van der Waals surface area contributed by atoms with Crippen molar-refractivity contribution in [2.75, 3.05) is 19.6 Å². The monoisotopic (exact) mass is 206 g/mol. The summed E-state index contributed by atoms with van der Waals surface area (Å²) in [6.45, 7) is 2.95. The first-order valence-corrected chi connectivity index (χ1v) is 6.21. The van der Waals surface area contributed by atoms with E-state index in [1.807, 2.05) is 0 Å². The summed E-state index contributed by atoms with van der Waals surface area (Å²) in [5, 5.41) is 0. The number of nitrogens with two attached hydrogens (primary N) is 1. The highest BCUT2D eigenvalue weighted by Crippen LogP contribution is 2.25. The van der Waals surface area contributed by atoms with Crippen LogP contribution in [0.15, 0.2) is 23.9 Å². The molecule has 84 valence electrons. The van der Waals surface area contributed by atoms with Gasteiger partial charge in [-0.3, -0.25) is 0 Å². The van der Waals surface area contributed by atoms with Crippen LogP contribution in [-0.2, 0) is 0 Å². The summed E-state index contributed by atoms with van der Waals surface area (Å²) in [6.07, 6.45) is 13.6. The maximum absolute atomic E-state index is 5.75. The maximum Gasteiger partial charge on any atom is 0.0360 e. The molecule has 1 aliphatic carbocycles. The number of hydrogen-bond acceptors (Lipinski definition) is 2. The molecule has 0 aromatic rings. The minimum atomic E-state index is 0.678. The maximum atomic E-state index is 5.75. The standard InChI is InChI=1S/C13H22N2/c14-10-13-8-4-5-9-15(13)11-12-6-2-1-3-7-12/h4-5,8,12H,1-3,6-7,9-11,14H2. The Morgan fingerprint density at radius 1 is 1.27 bits per heavy atom. The molecular weight excluding hydrogens is 184 g/mol. The molecule has 0 bridgehead atoms. The lowest BCUT2D eigenvalue weighted by Gasteiger charge is -2.33. The van der Waals surface area contributed by atoms with Gasteiger partial charge in [-0.2, -0.15) is 0 Å². The van der Waals surface area contributed by atoms with Crippen molar-refractivity contribution < 1.29 is 0 Å². The summed E-state index contributed by atoms with van der Waals surface area (Å²) < 4.78 is 0. The van der Waals surface area contributed by atoms with Crippen molar-refractivity contribution in [2.24, 2.45) is 11.7 Å². The molecule has 0 saturated heterocycles. The molecule has 0 atom stereocenters. The third-order valence-corrected chi connectivity index (χ3v) is 3.57. The predicted molar refractivity (Wildman–Crippen MR) is 64.4 cm³/mol. The van der Waals surface area contributed by atoms with Crippen molar-refractivity contribution >= 4 is 0 Å². The lowest BCUT2D eigenvalue weighted by atomic mass is 9.88. The summed E-state index contributed by atoms with van der Waals surface area (Å²) in [5.41, 5.74) is 7.06. The van der Waals surface area contributed by atoms with E-state index < -0.39 is 0 Å². The normalized spacial score (nSPS) is 23.0. The van der Waals surface area contributed by atoms with Crippen LogP contribution in [0.3, 0.4) is 0 Å². The van der Waals surface area contributed by atoms with Crippen LogP contribution >= 0.6 is 0 Å². The molecule has 2 N–H and O–H groups in total. The highest BCUT2D eigenvalue weighted by molar-refractivity contribution is 5.18. The van der Waals surface area contributed by atoms with Crippen molar-refractivity contribution in [3.63, 3.8) is 0 Å². The topological polar surface area (TPSA) is 29.3 Å². The second-order valence-corrected chi connectivity index (χ2v) is 4.70. The third-order valence-electron chi connectivity index (χ3n) is 3.57. The summed E-state index contributed by atoms with van der Waals surface area (Å²) in [7, 11) is 0. The zero-order valence-electron chi connectivity index (χ0n) is 9.49. The van der Waals surface area contributed by atoms with E-state index in [1.54, 1.807) is 0 Å². The van der Waals surface area contributed by atoms with Crippen LogP contribution in [0.25, 0.3) is 0 Å². The Morgan fingerprint density at radius 3 is 2.80 bits per heavy atom. The van der Waals surface area contributed by atoms with Crippen LogP contribution in [0, 0.1) is 5.92 Å². The zero-order valence-corrected chi connectivity index (χ0v) is 9.49. The highest BCUT2D eigenvalue weighted by Gasteiger charge is 2.18. The van der Waals surface area contributed by atoms with E-state index in [0.717, 1.165) is 12.5 Å². The first kappa shape index (κ1) is 10.7. The summed E-state index contributed by atoms with van der Waals surface area (Å²) in [6, 6.07) is 0. The average molecular weight is 206 g/mol. The SMILES string of the molecule is NCC1=CC=CCN1CC1CCCCC1. The first-order chi connectivity index (χ1) is 7.40. The van der Waals surface area contributed by atoms with Gasteiger partial charge >= 0.3 is 0 Å². The van der Waals surface area contributed by atoms with E-state index in [9.17, 15) is 0 Å². The van der Waals surface area contributed by atoms with Gasteiger partial charge in [0.1, 0.15) is 0 Å². The van der Waals surface area contributed by atoms with Crippen LogP contribution < -0.4 is 5.73 Å². The van der Waals surface area contributed by atoms with Gasteiger partial charge in [-0.15, -0.1) is 0 Å². The number of hydrogen-bond donors (Lipinski definition) is 1. The smallest absolute Gasteiger partial charge is 0.0360 e. The molecule has 0 radical (unpaired) electrons. The second-order valence-electron chi connectivity index (χ2n) is 4.70. The summed E-state index contributed by atoms with van der Waals surface area (Å²) in [4.78, 5) is 2.45. The largest absolute Gasteiger partial charge is 0.370 e. The van der Waals surface area contributed by atoms with Gasteiger partial charge in [-0.1, -0.05) is 31.4 Å². The zero-order chi connectivity index (χ0) is 10.5. The molecule has 2 rings (SSSR count). The van der Waals surface area contributed by atoms with Gasteiger partial charge in [0.15, 0.2) is 0 Å². The average Bonchev–Trinajstić information content (AvgIpc) is 2.31. The van der Waals surface area contributed by atoms with Gasteiger partial charge in [-0.25, -0.2) is 0 Å². The fourth-order valence-electron chi connectivity index (χ4n) is 2.66. The number of nitrogens with zero attached hydrogens (tertiary/aromatic N) is 1. The van der Waals surface area contributed by atoms with Gasteiger partial charge in [0.05, 0.1) is 0 Å². The molecule has 2 nitrogen and oxygen atoms in total. The Labute approximate surface area is 92.8 Å². The predicted octanol–water partition coefficient (Wildman–Crippen LogP) is 2.28. The lowest BCUT2D eigenvalue weighted by Crippen LogP contribution is -2.34. The fourth-order valence-corrected chi connectivity index (χ4v) is 2.66. The van der Waals surface area contributed by atoms with Gasteiger partial charge in [0.2, 0.25) is 0 Å². The van der Waals surface area contributed by atoms with Crippen LogP contribution in [0.4, 0.5) is 0 Å². The van der Waals surface area contributed by atoms with Crippen LogP contribution in [0.2, 0.25) is 0 Å². The van der Waals surface area contributed by atoms with E-state index in [-0.39, 0.29) is 0 Å². The van der Waals surface area contributed by atoms with Crippen LogP contribution in [-0.4, -0.2) is 24.5 Å². The Balaban J connectivity index is 1.87. The van der Waals surface area contributed by atoms with Crippen molar-refractivity contribution in [3.8, 4) is 0 Å². The van der Waals surface area contributed by atoms with E-state index in [1.165, 1.54) is 44.3 Å². The summed E-state index contributed by atoms with van der Waals surface area (Å²) in [5.74, 6) is 0.903. The molecule has 1 fully saturated rings. The Kier molecular flexibility index (Phi) is 3.84. The van der Waals surface area contributed by atoms with E-state index in [0.29, 0.717) is 6.54 Å². The fraction of sp³-hybridized carbons (Fsp3) is 0.692. The molecule has 15 heavy (non-hydrogen) atoms. The quantitative estimate of drug-likeness (QED) is 0.767. The molecule has 0 amide bonds. The number of allylic oxidation sites excluding steroid dienone is 2. The molecule has 0 aromatic carbocycles. The molecule has 2 heteroatoms. The second kappa shape index (κ2) is 5.36. The molecule has 0 spiro atoms. The Hall–Kier alpha value is -0.760. The summed E-state index contributed by atoms with van der Waals surface area (Å²) >= 11 is 0. The van der Waals surface area contributed by atoms with Gasteiger partial charge in [-0.05, 0) is 24.8 Å². The van der Waals surface area contributed by atoms with E-state index in [4.69, 9.17) is 5.73 Å². The number of rotatable bonds is 3. The van der Waals surface area contributed by atoms with E-state index in [2.05, 4.69) is 23.1 Å². The minimum Gasteiger partial charge on any atom is -0.370 e. The van der Waals surface area contributed by atoms with Gasteiger partial charge in [0.25, 0.3) is 0 Å². The van der Waals surface area contributed by atoms with Crippen molar-refractivity contribution in [1.29, 1.82) is 0 Å². The molecular formula is C13H22N2. The first-order valence-electron chi connectivity index (χ1n) is 6.21. The lowest BCUT2D eigenvalue weighted by molar-refractivity contribution is 0.251. The molecule has 1 aliphatic heterocycles. The van der Waals surface area contributed by atoms with Gasteiger partial charge < -0.3 is 10.6 Å². The molecule has 0 aromatic heterocycles. The van der Waals surface area contributed by atoms with E-state index >= 15 is 0 Å². The van der Waals surface area contributed by atoms with Crippen molar-refractivity contribution in [2.45, 2.75) is 32.1 Å². The molecule has 0 unspecified atom stereocenters. The Morgan fingerprint density at radius 2 is 2.07 bits per heavy atom. The van der Waals surface area contributed by atoms with Gasteiger partial charge in [0, 0.05) is 25.3 Å². The molecule has 1 heterocycles. The van der Waals surface area contributed by atoms with Crippen molar-refractivity contribution in [1.82, 2.24) is 4.90 Å². The minimum absolute atomic E-state index is 0.678. The third kappa shape index (κ3) is 2.85.